The second-order valence-electron chi connectivity index (χ2n) is 6.02. The summed E-state index contributed by atoms with van der Waals surface area (Å²) >= 11 is 4.91. The van der Waals surface area contributed by atoms with Crippen LogP contribution in [0, 0.1) is 13.8 Å². The molecule has 0 atom stereocenters. The molecule has 0 bridgehead atoms. The number of nitrogens with one attached hydrogen (secondary N) is 4. The Labute approximate surface area is 159 Å². The van der Waals surface area contributed by atoms with Crippen molar-refractivity contribution in [1.29, 1.82) is 0 Å². The van der Waals surface area contributed by atoms with Crippen molar-refractivity contribution < 1.29 is 14.4 Å². The molecule has 0 saturated carbocycles. The zero-order chi connectivity index (χ0) is 19.5. The van der Waals surface area contributed by atoms with Gasteiger partial charge < -0.3 is 10.6 Å². The van der Waals surface area contributed by atoms with Gasteiger partial charge in [-0.25, -0.2) is 0 Å². The predicted molar refractivity (Wildman–Crippen MR) is 105 cm³/mol. The Morgan fingerprint density at radius 1 is 0.962 bits per heavy atom. The summed E-state index contributed by atoms with van der Waals surface area (Å²) in [6.07, 6.45) is 2.10. The molecule has 0 radical (unpaired) electrons. The Kier molecular flexibility index (Phi) is 9.29. The molecule has 0 aliphatic rings. The topological polar surface area (TPSA) is 99.3 Å². The first kappa shape index (κ1) is 21.6. The number of carbonyl (C=O) groups excluding carboxylic acids is 3. The van der Waals surface area contributed by atoms with Gasteiger partial charge in [0.05, 0.1) is 0 Å². The fraction of sp³-hybridized carbons (Fsp3) is 0.444. The molecule has 3 amide bonds. The molecule has 4 N–H and O–H groups in total. The summed E-state index contributed by atoms with van der Waals surface area (Å²) in [7, 11) is 0. The predicted octanol–water partition coefficient (Wildman–Crippen LogP) is 2.23. The third-order valence-corrected chi connectivity index (χ3v) is 3.78. The summed E-state index contributed by atoms with van der Waals surface area (Å²) in [4.78, 5) is 35.2. The molecule has 0 aromatic heterocycles. The molecule has 8 heteroatoms. The number of thiocarbonyl (C=S) groups is 1. The molecule has 0 unspecified atom stereocenters. The lowest BCUT2D eigenvalue weighted by molar-refractivity contribution is -0.124. The number of hydrazine groups is 1. The van der Waals surface area contributed by atoms with Gasteiger partial charge in [-0.1, -0.05) is 25.5 Å². The van der Waals surface area contributed by atoms with Gasteiger partial charge in [0.2, 0.25) is 17.7 Å². The lowest BCUT2D eigenvalue weighted by atomic mass is 10.1. The normalized spacial score (nSPS) is 9.96. The molecule has 142 valence electrons. The van der Waals surface area contributed by atoms with Crippen molar-refractivity contribution >= 4 is 40.7 Å². The fourth-order valence-corrected chi connectivity index (χ4v) is 2.22. The molecular formula is C18H26N4O3S. The van der Waals surface area contributed by atoms with Crippen LogP contribution in [0.3, 0.4) is 0 Å². The zero-order valence-electron chi connectivity index (χ0n) is 15.4. The Morgan fingerprint density at radius 2 is 1.65 bits per heavy atom. The molecule has 0 fully saturated rings. The van der Waals surface area contributed by atoms with E-state index < -0.39 is 5.91 Å². The molecule has 7 nitrogen and oxygen atoms in total. The second kappa shape index (κ2) is 11.2. The van der Waals surface area contributed by atoms with E-state index in [1.165, 1.54) is 0 Å². The maximum absolute atomic E-state index is 12.0. The van der Waals surface area contributed by atoms with Crippen LogP contribution in [0.25, 0.3) is 0 Å². The molecule has 0 heterocycles. The van der Waals surface area contributed by atoms with Gasteiger partial charge in [-0.05, 0) is 49.7 Å². The smallest absolute Gasteiger partial charge is 0.238 e. The monoisotopic (exact) mass is 378 g/mol. The van der Waals surface area contributed by atoms with Crippen LogP contribution in [0.2, 0.25) is 0 Å². The number of hydrogen-bond donors (Lipinski definition) is 4. The van der Waals surface area contributed by atoms with E-state index >= 15 is 0 Å². The van der Waals surface area contributed by atoms with Gasteiger partial charge in [-0.2, -0.15) is 0 Å². The van der Waals surface area contributed by atoms with Gasteiger partial charge in [-0.15, -0.1) is 0 Å². The standard InChI is InChI=1S/C18H26N4O3S/c1-4-5-6-15(23)20-18(26)22-21-17(25)10-9-16(24)19-14-11-12(2)7-8-13(14)3/h7-8,11H,4-6,9-10H2,1-3H3,(H,19,24)(H,21,25)(H2,20,22,23,26). The summed E-state index contributed by atoms with van der Waals surface area (Å²) in [5.41, 5.74) is 7.55. The Hall–Kier alpha value is -2.48. The number of anilines is 1. The summed E-state index contributed by atoms with van der Waals surface area (Å²) < 4.78 is 0. The minimum atomic E-state index is -0.397. The van der Waals surface area contributed by atoms with E-state index in [9.17, 15) is 14.4 Å². The molecule has 1 aromatic rings. The molecule has 1 aromatic carbocycles. The van der Waals surface area contributed by atoms with Crippen molar-refractivity contribution in [3.05, 3.63) is 29.3 Å². The van der Waals surface area contributed by atoms with E-state index in [0.717, 1.165) is 29.7 Å². The Bertz CT molecular complexity index is 676. The highest BCUT2D eigenvalue weighted by Crippen LogP contribution is 2.16. The van der Waals surface area contributed by atoms with Gasteiger partial charge in [0, 0.05) is 24.9 Å². The summed E-state index contributed by atoms with van der Waals surface area (Å²) in [5, 5.41) is 5.29. The minimum absolute atomic E-state index is 0.00388. The van der Waals surface area contributed by atoms with Crippen molar-refractivity contribution in [1.82, 2.24) is 16.2 Å². The average molecular weight is 378 g/mol. The number of benzene rings is 1. The van der Waals surface area contributed by atoms with Crippen LogP contribution in [-0.4, -0.2) is 22.8 Å². The number of unbranched alkanes of at least 4 members (excludes halogenated alkanes) is 1. The number of amides is 3. The van der Waals surface area contributed by atoms with Gasteiger partial charge in [0.1, 0.15) is 0 Å². The first-order valence-corrected chi connectivity index (χ1v) is 8.98. The average Bonchev–Trinajstić information content (AvgIpc) is 2.59. The van der Waals surface area contributed by atoms with Crippen molar-refractivity contribution in [2.24, 2.45) is 0 Å². The van der Waals surface area contributed by atoms with E-state index in [4.69, 9.17) is 12.2 Å². The zero-order valence-corrected chi connectivity index (χ0v) is 16.2. The minimum Gasteiger partial charge on any atom is -0.326 e. The maximum Gasteiger partial charge on any atom is 0.238 e. The molecule has 0 saturated heterocycles. The van der Waals surface area contributed by atoms with Crippen LogP contribution >= 0.6 is 12.2 Å². The van der Waals surface area contributed by atoms with Crippen LogP contribution in [0.5, 0.6) is 0 Å². The van der Waals surface area contributed by atoms with E-state index in [2.05, 4.69) is 21.5 Å². The number of aryl methyl sites for hydroxylation is 2. The van der Waals surface area contributed by atoms with E-state index in [1.54, 1.807) is 0 Å². The largest absolute Gasteiger partial charge is 0.326 e. The van der Waals surface area contributed by atoms with E-state index in [1.807, 2.05) is 39.0 Å². The quantitative estimate of drug-likeness (QED) is 0.431. The first-order chi connectivity index (χ1) is 12.3. The number of carbonyl (C=O) groups is 3. The summed E-state index contributed by atoms with van der Waals surface area (Å²) in [5.74, 6) is -0.845. The summed E-state index contributed by atoms with van der Waals surface area (Å²) in [6.45, 7) is 5.83. The number of rotatable bonds is 7. The lowest BCUT2D eigenvalue weighted by Gasteiger charge is -2.11. The second-order valence-corrected chi connectivity index (χ2v) is 6.43. The van der Waals surface area contributed by atoms with Crippen molar-refractivity contribution in [2.45, 2.75) is 52.9 Å². The molecule has 0 spiro atoms. The maximum atomic E-state index is 12.0. The van der Waals surface area contributed by atoms with E-state index in [0.29, 0.717) is 6.42 Å². The Morgan fingerprint density at radius 3 is 2.35 bits per heavy atom. The molecular weight excluding hydrogens is 352 g/mol. The van der Waals surface area contributed by atoms with E-state index in [-0.39, 0.29) is 29.8 Å². The van der Waals surface area contributed by atoms with Gasteiger partial charge in [-0.3, -0.25) is 25.2 Å². The highest BCUT2D eigenvalue weighted by atomic mass is 32.1. The van der Waals surface area contributed by atoms with Crippen LogP contribution in [0.4, 0.5) is 5.69 Å². The third kappa shape index (κ3) is 8.57. The van der Waals surface area contributed by atoms with Crippen molar-refractivity contribution in [3.63, 3.8) is 0 Å². The van der Waals surface area contributed by atoms with Crippen molar-refractivity contribution in [2.75, 3.05) is 5.32 Å². The highest BCUT2D eigenvalue weighted by Gasteiger charge is 2.10. The van der Waals surface area contributed by atoms with Gasteiger partial charge in [0.25, 0.3) is 0 Å². The fourth-order valence-electron chi connectivity index (χ4n) is 2.06. The van der Waals surface area contributed by atoms with Crippen LogP contribution in [-0.2, 0) is 14.4 Å². The van der Waals surface area contributed by atoms with Crippen molar-refractivity contribution in [3.8, 4) is 0 Å². The summed E-state index contributed by atoms with van der Waals surface area (Å²) in [6, 6.07) is 5.78. The van der Waals surface area contributed by atoms with Crippen LogP contribution in [0.1, 0.15) is 50.2 Å². The molecule has 0 aliphatic carbocycles. The number of hydrogen-bond acceptors (Lipinski definition) is 4. The Balaban J connectivity index is 2.29. The highest BCUT2D eigenvalue weighted by molar-refractivity contribution is 7.80. The molecule has 0 aliphatic heterocycles. The van der Waals surface area contributed by atoms with Gasteiger partial charge >= 0.3 is 0 Å². The molecule has 26 heavy (non-hydrogen) atoms. The third-order valence-electron chi connectivity index (χ3n) is 3.57. The lowest BCUT2D eigenvalue weighted by Crippen LogP contribution is -2.48. The van der Waals surface area contributed by atoms with Gasteiger partial charge in [0.15, 0.2) is 5.11 Å². The van der Waals surface area contributed by atoms with Crippen LogP contribution in [0.15, 0.2) is 18.2 Å². The molecule has 1 rings (SSSR count). The van der Waals surface area contributed by atoms with Crippen LogP contribution < -0.4 is 21.5 Å². The first-order valence-electron chi connectivity index (χ1n) is 8.57. The SMILES string of the molecule is CCCCC(=O)NC(=S)NNC(=O)CCC(=O)Nc1cc(C)ccc1C.